The SMILES string of the molecule is CCc1nc(N)cc(Oc2cccc(-c3nc(NC4=CC(C(F)(F)F)C=CC=C4)n[nH]3)c2)n1. The van der Waals surface area contributed by atoms with Crippen LogP contribution in [0.1, 0.15) is 12.7 Å². The highest BCUT2D eigenvalue weighted by Gasteiger charge is 2.36. The Morgan fingerprint density at radius 1 is 1.15 bits per heavy atom. The number of ether oxygens (including phenoxy) is 1. The summed E-state index contributed by atoms with van der Waals surface area (Å²) in [6.45, 7) is 1.91. The van der Waals surface area contributed by atoms with Crippen LogP contribution in [0.2, 0.25) is 0 Å². The largest absolute Gasteiger partial charge is 0.439 e. The smallest absolute Gasteiger partial charge is 0.398 e. The van der Waals surface area contributed by atoms with Crippen LogP contribution in [0.25, 0.3) is 11.4 Å². The van der Waals surface area contributed by atoms with Gasteiger partial charge in [-0.15, -0.1) is 5.10 Å². The Morgan fingerprint density at radius 3 is 2.79 bits per heavy atom. The van der Waals surface area contributed by atoms with E-state index in [0.29, 0.717) is 41.1 Å². The van der Waals surface area contributed by atoms with Crippen molar-refractivity contribution in [1.82, 2.24) is 25.1 Å². The molecular formula is C22H20F3N7O. The average molecular weight is 455 g/mol. The van der Waals surface area contributed by atoms with Crippen LogP contribution in [-0.2, 0) is 6.42 Å². The van der Waals surface area contributed by atoms with Crippen LogP contribution in [0.15, 0.2) is 66.4 Å². The predicted octanol–water partition coefficient (Wildman–Crippen LogP) is 4.80. The van der Waals surface area contributed by atoms with Gasteiger partial charge in [-0.25, -0.2) is 4.98 Å². The van der Waals surface area contributed by atoms with Crippen molar-refractivity contribution in [2.75, 3.05) is 11.1 Å². The Labute approximate surface area is 187 Å². The summed E-state index contributed by atoms with van der Waals surface area (Å²) in [6.07, 6.45) is 2.77. The van der Waals surface area contributed by atoms with Gasteiger partial charge in [-0.3, -0.25) is 5.10 Å². The predicted molar refractivity (Wildman–Crippen MR) is 117 cm³/mol. The van der Waals surface area contributed by atoms with Crippen molar-refractivity contribution in [1.29, 1.82) is 0 Å². The molecule has 33 heavy (non-hydrogen) atoms. The molecule has 0 bridgehead atoms. The van der Waals surface area contributed by atoms with E-state index in [0.717, 1.165) is 12.2 Å². The summed E-state index contributed by atoms with van der Waals surface area (Å²) in [5.74, 6) is 0.518. The molecule has 4 N–H and O–H groups in total. The molecule has 11 heteroatoms. The van der Waals surface area contributed by atoms with Gasteiger partial charge in [0.1, 0.15) is 17.4 Å². The molecule has 0 aliphatic heterocycles. The summed E-state index contributed by atoms with van der Waals surface area (Å²) in [5.41, 5.74) is 6.69. The van der Waals surface area contributed by atoms with Crippen molar-refractivity contribution in [3.63, 3.8) is 0 Å². The van der Waals surface area contributed by atoms with Crippen molar-refractivity contribution >= 4 is 11.8 Å². The lowest BCUT2D eigenvalue weighted by molar-refractivity contribution is -0.148. The Morgan fingerprint density at radius 2 is 2.00 bits per heavy atom. The molecule has 2 aromatic heterocycles. The number of rotatable bonds is 6. The highest BCUT2D eigenvalue weighted by molar-refractivity contribution is 5.59. The number of halogens is 3. The Bertz CT molecular complexity index is 1230. The van der Waals surface area contributed by atoms with E-state index in [1.807, 2.05) is 6.92 Å². The molecular weight excluding hydrogens is 435 g/mol. The van der Waals surface area contributed by atoms with Crippen LogP contribution in [-0.4, -0.2) is 31.3 Å². The molecule has 1 atom stereocenters. The summed E-state index contributed by atoms with van der Waals surface area (Å²) in [7, 11) is 0. The number of allylic oxidation sites excluding steroid dienone is 5. The second kappa shape index (κ2) is 9.15. The van der Waals surface area contributed by atoms with Gasteiger partial charge < -0.3 is 15.8 Å². The minimum absolute atomic E-state index is 0.131. The van der Waals surface area contributed by atoms with Gasteiger partial charge in [-0.1, -0.05) is 37.3 Å². The van der Waals surface area contributed by atoms with Gasteiger partial charge in [0.15, 0.2) is 5.82 Å². The van der Waals surface area contributed by atoms with Crippen LogP contribution in [0.4, 0.5) is 24.9 Å². The number of hydrogen-bond donors (Lipinski definition) is 3. The van der Waals surface area contributed by atoms with Crippen molar-refractivity contribution < 1.29 is 17.9 Å². The second-order valence-corrected chi connectivity index (χ2v) is 7.10. The Balaban J connectivity index is 1.51. The van der Waals surface area contributed by atoms with Crippen molar-refractivity contribution in [2.24, 2.45) is 5.92 Å². The summed E-state index contributed by atoms with van der Waals surface area (Å²) in [4.78, 5) is 12.7. The van der Waals surface area contributed by atoms with E-state index in [-0.39, 0.29) is 11.6 Å². The maximum Gasteiger partial charge on any atom is 0.398 e. The molecule has 0 saturated carbocycles. The van der Waals surface area contributed by atoms with E-state index in [4.69, 9.17) is 10.5 Å². The van der Waals surface area contributed by atoms with E-state index in [2.05, 4.69) is 30.5 Å². The molecule has 2 heterocycles. The topological polar surface area (TPSA) is 115 Å². The van der Waals surface area contributed by atoms with E-state index in [1.54, 1.807) is 24.3 Å². The van der Waals surface area contributed by atoms with Crippen LogP contribution >= 0.6 is 0 Å². The van der Waals surface area contributed by atoms with Crippen molar-refractivity contribution in [3.8, 4) is 23.0 Å². The highest BCUT2D eigenvalue weighted by Crippen LogP contribution is 2.31. The van der Waals surface area contributed by atoms with Gasteiger partial charge >= 0.3 is 6.18 Å². The molecule has 8 nitrogen and oxygen atoms in total. The zero-order chi connectivity index (χ0) is 23.4. The Hall–Kier alpha value is -4.15. The molecule has 0 spiro atoms. The van der Waals surface area contributed by atoms with Gasteiger partial charge in [0.2, 0.25) is 11.8 Å². The number of H-pyrrole nitrogens is 1. The molecule has 0 radical (unpaired) electrons. The molecule has 3 aromatic rings. The number of aromatic amines is 1. The first-order valence-corrected chi connectivity index (χ1v) is 10.0. The molecule has 4 rings (SSSR count). The number of nitrogens with one attached hydrogen (secondary N) is 2. The fraction of sp³-hybridized carbons (Fsp3) is 0.182. The third kappa shape index (κ3) is 5.56. The van der Waals surface area contributed by atoms with Crippen LogP contribution in [0.3, 0.4) is 0 Å². The van der Waals surface area contributed by atoms with E-state index < -0.39 is 12.1 Å². The van der Waals surface area contributed by atoms with Gasteiger partial charge in [-0.2, -0.15) is 23.1 Å². The summed E-state index contributed by atoms with van der Waals surface area (Å²) in [5, 5.41) is 9.63. The van der Waals surface area contributed by atoms with E-state index in [9.17, 15) is 13.2 Å². The number of aryl methyl sites for hydroxylation is 1. The zero-order valence-electron chi connectivity index (χ0n) is 17.5. The van der Waals surface area contributed by atoms with Gasteiger partial charge in [0, 0.05) is 23.7 Å². The summed E-state index contributed by atoms with van der Waals surface area (Å²) >= 11 is 0. The molecule has 0 saturated heterocycles. The fourth-order valence-corrected chi connectivity index (χ4v) is 3.04. The zero-order valence-corrected chi connectivity index (χ0v) is 17.5. The first-order chi connectivity index (χ1) is 15.8. The second-order valence-electron chi connectivity index (χ2n) is 7.10. The lowest BCUT2D eigenvalue weighted by Gasteiger charge is -2.13. The van der Waals surface area contributed by atoms with Crippen molar-refractivity contribution in [3.05, 3.63) is 72.2 Å². The molecule has 1 unspecified atom stereocenters. The van der Waals surface area contributed by atoms with Crippen LogP contribution in [0, 0.1) is 5.92 Å². The maximum absolute atomic E-state index is 13.1. The number of anilines is 2. The highest BCUT2D eigenvalue weighted by atomic mass is 19.4. The first-order valence-electron chi connectivity index (χ1n) is 10.0. The maximum atomic E-state index is 13.1. The number of hydrogen-bond acceptors (Lipinski definition) is 7. The summed E-state index contributed by atoms with van der Waals surface area (Å²) < 4.78 is 45.1. The minimum Gasteiger partial charge on any atom is -0.439 e. The van der Waals surface area contributed by atoms with Gasteiger partial charge in [-0.05, 0) is 24.3 Å². The van der Waals surface area contributed by atoms with Crippen LogP contribution in [0.5, 0.6) is 11.6 Å². The molecule has 0 fully saturated rings. The molecule has 0 amide bonds. The molecule has 1 aliphatic rings. The van der Waals surface area contributed by atoms with E-state index >= 15 is 0 Å². The molecule has 1 aliphatic carbocycles. The number of benzene rings is 1. The number of nitrogen functional groups attached to an aromatic ring is 1. The first kappa shape index (κ1) is 22.1. The number of nitrogens with zero attached hydrogens (tertiary/aromatic N) is 4. The number of aromatic nitrogens is 5. The van der Waals surface area contributed by atoms with Gasteiger partial charge in [0.25, 0.3) is 0 Å². The van der Waals surface area contributed by atoms with E-state index in [1.165, 1.54) is 24.3 Å². The number of nitrogens with two attached hydrogens (primary N) is 1. The van der Waals surface area contributed by atoms with Crippen molar-refractivity contribution in [2.45, 2.75) is 19.5 Å². The minimum atomic E-state index is -4.38. The lowest BCUT2D eigenvalue weighted by Crippen LogP contribution is -2.19. The van der Waals surface area contributed by atoms with Gasteiger partial charge in [0.05, 0.1) is 5.92 Å². The monoisotopic (exact) mass is 455 g/mol. The summed E-state index contributed by atoms with van der Waals surface area (Å²) in [6, 6.07) is 8.55. The lowest BCUT2D eigenvalue weighted by atomic mass is 10.1. The molecule has 1 aromatic carbocycles. The third-order valence-corrected chi connectivity index (χ3v) is 4.60. The normalized spacial score (nSPS) is 15.8. The quantitative estimate of drug-likeness (QED) is 0.489. The van der Waals surface area contributed by atoms with Crippen LogP contribution < -0.4 is 15.8 Å². The number of alkyl halides is 3. The molecule has 170 valence electrons. The Kier molecular flexibility index (Phi) is 6.11. The fourth-order valence-electron chi connectivity index (χ4n) is 3.04. The third-order valence-electron chi connectivity index (χ3n) is 4.60. The average Bonchev–Trinajstić information content (AvgIpc) is 3.09. The standard InChI is InChI=1S/C22H20F3N7O/c1-2-18-28-17(26)12-19(29-18)33-16-9-5-6-13(10-16)20-30-21(32-31-20)27-15-8-4-3-7-14(11-15)22(23,24)25/h3-12,14H,2H2,1H3,(H2,26,28,29)(H2,27,30,31,32).